The highest BCUT2D eigenvalue weighted by atomic mass is 32.2. The van der Waals surface area contributed by atoms with Crippen molar-refractivity contribution >= 4 is 21.1 Å². The molecule has 0 aliphatic carbocycles. The Hall–Kier alpha value is -2.76. The maximum absolute atomic E-state index is 13.4. The molecule has 2 unspecified atom stereocenters. The van der Waals surface area contributed by atoms with Crippen LogP contribution in [0.25, 0.3) is 22.4 Å². The number of sulfonamides is 1. The van der Waals surface area contributed by atoms with Gasteiger partial charge in [-0.1, -0.05) is 20.2 Å². The zero-order valence-corrected chi connectivity index (χ0v) is 20.7. The van der Waals surface area contributed by atoms with Crippen LogP contribution in [0, 0.1) is 0 Å². The molecule has 3 aromatic rings. The summed E-state index contributed by atoms with van der Waals surface area (Å²) in [6.07, 6.45) is 1.08. The Balaban J connectivity index is 1.76. The number of aromatic nitrogens is 4. The maximum Gasteiger partial charge on any atom is 0.277 e. The Morgan fingerprint density at radius 3 is 3.00 bits per heavy atom. The molecule has 4 rings (SSSR count). The molecule has 3 heterocycles. The first-order valence-corrected chi connectivity index (χ1v) is 13.2. The lowest BCUT2D eigenvalue weighted by Gasteiger charge is -2.19. The minimum Gasteiger partial charge on any atom is -0.493 e. The van der Waals surface area contributed by atoms with Crippen LogP contribution in [-0.4, -0.2) is 65.8 Å². The number of hydrogen-bond acceptors (Lipinski definition) is 7. The zero-order chi connectivity index (χ0) is 34.2. The maximum atomic E-state index is 13.4. The first-order chi connectivity index (χ1) is 21.2. The molecule has 0 radical (unpaired) electrons. The van der Waals surface area contributed by atoms with Crippen molar-refractivity contribution in [2.45, 2.75) is 63.2 Å². The number of ether oxygens (including phenoxy) is 1. The summed E-state index contributed by atoms with van der Waals surface area (Å²) in [6, 6.07) is 3.29. The fraction of sp³-hybridized carbons (Fsp3) is 0.560. The van der Waals surface area contributed by atoms with E-state index in [2.05, 4.69) is 19.8 Å². The molecule has 1 saturated heterocycles. The summed E-state index contributed by atoms with van der Waals surface area (Å²) < 4.78 is 113. The van der Waals surface area contributed by atoms with Crippen LogP contribution >= 0.6 is 0 Å². The van der Waals surface area contributed by atoms with Gasteiger partial charge in [0.15, 0.2) is 5.52 Å². The lowest BCUT2D eigenvalue weighted by atomic mass is 10.1. The van der Waals surface area contributed by atoms with Crippen LogP contribution in [0.1, 0.15) is 65.3 Å². The third kappa shape index (κ3) is 5.47. The third-order valence-electron chi connectivity index (χ3n) is 5.95. The van der Waals surface area contributed by atoms with Gasteiger partial charge in [-0.25, -0.2) is 18.1 Å². The van der Waals surface area contributed by atoms with E-state index in [9.17, 15) is 13.2 Å². The molecule has 11 heteroatoms. The van der Waals surface area contributed by atoms with Crippen molar-refractivity contribution in [2.24, 2.45) is 6.98 Å². The Labute approximate surface area is 226 Å². The Bertz CT molecular complexity index is 1720. The number of nitrogens with zero attached hydrogens (tertiary/aromatic N) is 4. The highest BCUT2D eigenvalue weighted by Gasteiger charge is 2.23. The van der Waals surface area contributed by atoms with Gasteiger partial charge in [0.1, 0.15) is 17.1 Å². The molecule has 10 nitrogen and oxygen atoms in total. The van der Waals surface area contributed by atoms with E-state index in [1.54, 1.807) is 0 Å². The molecule has 1 fully saturated rings. The molecule has 0 saturated carbocycles. The van der Waals surface area contributed by atoms with Crippen molar-refractivity contribution in [1.29, 1.82) is 0 Å². The van der Waals surface area contributed by atoms with E-state index in [1.165, 1.54) is 23.1 Å². The van der Waals surface area contributed by atoms with Crippen LogP contribution in [0.4, 0.5) is 0 Å². The molecular formula is C25H36N6O4S. The molecule has 2 N–H and O–H groups in total. The van der Waals surface area contributed by atoms with Crippen LogP contribution in [0.2, 0.25) is 0 Å². The molecule has 0 bridgehead atoms. The van der Waals surface area contributed by atoms with E-state index in [0.29, 0.717) is 30.5 Å². The van der Waals surface area contributed by atoms with Gasteiger partial charge in [0, 0.05) is 33.2 Å². The Morgan fingerprint density at radius 1 is 1.33 bits per heavy atom. The summed E-state index contributed by atoms with van der Waals surface area (Å²) in [6.45, 7) is -6.58. The van der Waals surface area contributed by atoms with Crippen LogP contribution in [0.3, 0.4) is 0 Å². The van der Waals surface area contributed by atoms with Crippen LogP contribution in [0.15, 0.2) is 27.9 Å². The number of benzene rings is 1. The second-order valence-corrected chi connectivity index (χ2v) is 10.2. The number of hydrogen-bond donors (Lipinski definition) is 2. The highest BCUT2D eigenvalue weighted by molar-refractivity contribution is 7.89. The van der Waals surface area contributed by atoms with E-state index in [4.69, 9.17) is 18.4 Å². The molecule has 0 amide bonds. The average molecular weight is 527 g/mol. The first kappa shape index (κ1) is 16.2. The van der Waals surface area contributed by atoms with Crippen molar-refractivity contribution < 1.29 is 26.9 Å². The smallest absolute Gasteiger partial charge is 0.277 e. The Morgan fingerprint density at radius 2 is 2.22 bits per heavy atom. The van der Waals surface area contributed by atoms with Gasteiger partial charge in [0.25, 0.3) is 5.56 Å². The number of fused-ring (bicyclic) bond motifs is 1. The van der Waals surface area contributed by atoms with E-state index in [1.807, 2.05) is 6.92 Å². The SMILES string of the molecule is [2H]C(CC1CCCN1C([2H])([2H])[2H])NS(=O)(=O)c1ccc(OCCC)c(-c2nc3c(CCC([2H])([2H])[2H])nn(C([2H])([2H])[2H])c3c(=O)[nH]2)c1. The lowest BCUT2D eigenvalue weighted by molar-refractivity contribution is 0.297. The van der Waals surface area contributed by atoms with Gasteiger partial charge in [0.05, 0.1) is 22.8 Å². The van der Waals surface area contributed by atoms with Crippen LogP contribution in [-0.2, 0) is 23.4 Å². The van der Waals surface area contributed by atoms with E-state index in [0.717, 1.165) is 0 Å². The monoisotopic (exact) mass is 526 g/mol. The molecule has 0 spiro atoms. The highest BCUT2D eigenvalue weighted by Crippen LogP contribution is 2.31. The van der Waals surface area contributed by atoms with Gasteiger partial charge in [0.2, 0.25) is 10.0 Å². The van der Waals surface area contributed by atoms with Gasteiger partial charge < -0.3 is 14.6 Å². The summed E-state index contributed by atoms with van der Waals surface area (Å²) >= 11 is 0. The normalized spacial score (nSPS) is 22.8. The molecular weight excluding hydrogens is 480 g/mol. The topological polar surface area (TPSA) is 122 Å². The first-order valence-electron chi connectivity index (χ1n) is 16.8. The average Bonchev–Trinajstić information content (AvgIpc) is 3.55. The summed E-state index contributed by atoms with van der Waals surface area (Å²) in [7, 11) is -4.35. The number of aromatic amines is 1. The standard InChI is InChI=1S/C25H36N6O4S/c1-5-8-20-22-23(31(4)29-20)25(32)28-24(27-22)19-16-18(10-11-21(19)35-15-6-2)36(33,34)26-13-12-17-9-7-14-30(17)3/h10-11,16-17,26H,5-9,12-15H2,1-4H3,(H,27,28,32)/i1D3,3D3,4D3,13D. The number of aryl methyl sites for hydroxylation is 2. The molecule has 1 aliphatic rings. The molecule has 2 aromatic heterocycles. The fourth-order valence-electron chi connectivity index (χ4n) is 4.14. The molecule has 1 aromatic carbocycles. The van der Waals surface area contributed by atoms with Gasteiger partial charge in [-0.15, -0.1) is 0 Å². The van der Waals surface area contributed by atoms with Crippen molar-refractivity contribution in [3.63, 3.8) is 0 Å². The molecule has 1 aliphatic heterocycles. The second-order valence-electron chi connectivity index (χ2n) is 8.53. The largest absolute Gasteiger partial charge is 0.493 e. The van der Waals surface area contributed by atoms with Crippen molar-refractivity contribution in [3.05, 3.63) is 34.2 Å². The number of rotatable bonds is 11. The lowest BCUT2D eigenvalue weighted by Crippen LogP contribution is -2.31. The van der Waals surface area contributed by atoms with Crippen LogP contribution < -0.4 is 15.0 Å². The van der Waals surface area contributed by atoms with Crippen molar-refractivity contribution in [2.75, 3.05) is 26.6 Å². The number of likely N-dealkylation sites (tertiary alicyclic amines) is 1. The van der Waals surface area contributed by atoms with Gasteiger partial charge in [-0.3, -0.25) is 9.48 Å². The van der Waals surface area contributed by atoms with Gasteiger partial charge in [-0.05, 0) is 63.8 Å². The summed E-state index contributed by atoms with van der Waals surface area (Å²) in [5.74, 6) is -0.0279. The molecule has 196 valence electrons. The number of nitrogens with one attached hydrogen (secondary N) is 2. The minimum absolute atomic E-state index is 0.0321. The third-order valence-corrected chi connectivity index (χ3v) is 7.30. The van der Waals surface area contributed by atoms with Gasteiger partial charge >= 0.3 is 0 Å². The Kier molecular flexibility index (Phi) is 4.98. The minimum atomic E-state index is -4.35. The van der Waals surface area contributed by atoms with Gasteiger partial charge in [-0.2, -0.15) is 5.10 Å². The predicted molar refractivity (Wildman–Crippen MR) is 140 cm³/mol. The van der Waals surface area contributed by atoms with Crippen LogP contribution in [0.5, 0.6) is 5.75 Å². The fourth-order valence-corrected chi connectivity index (χ4v) is 5.11. The number of H-pyrrole nitrogens is 1. The van der Waals surface area contributed by atoms with E-state index < -0.39 is 54.5 Å². The summed E-state index contributed by atoms with van der Waals surface area (Å²) in [4.78, 5) is 21.2. The molecule has 36 heavy (non-hydrogen) atoms. The van der Waals surface area contributed by atoms with Crippen molar-refractivity contribution in [3.8, 4) is 17.1 Å². The quantitative estimate of drug-likeness (QED) is 0.394. The van der Waals surface area contributed by atoms with E-state index in [-0.39, 0.29) is 59.1 Å². The second kappa shape index (κ2) is 11.1. The summed E-state index contributed by atoms with van der Waals surface area (Å²) in [5.41, 5.74) is -1.47. The van der Waals surface area contributed by atoms with E-state index >= 15 is 0 Å². The van der Waals surface area contributed by atoms with Crippen molar-refractivity contribution in [1.82, 2.24) is 29.4 Å². The molecule has 2 atom stereocenters. The predicted octanol–water partition coefficient (Wildman–Crippen LogP) is 2.83. The zero-order valence-electron chi connectivity index (χ0n) is 29.9. The summed E-state index contributed by atoms with van der Waals surface area (Å²) in [5, 5.41) is 4.01.